The van der Waals surface area contributed by atoms with Gasteiger partial charge in [-0.2, -0.15) is 5.10 Å². The summed E-state index contributed by atoms with van der Waals surface area (Å²) >= 11 is 0. The first kappa shape index (κ1) is 18.9. The fourth-order valence-corrected chi connectivity index (χ4v) is 3.93. The summed E-state index contributed by atoms with van der Waals surface area (Å²) in [5.41, 5.74) is 3.03. The van der Waals surface area contributed by atoms with E-state index in [1.165, 1.54) is 6.42 Å². The maximum atomic E-state index is 12.7. The van der Waals surface area contributed by atoms with Crippen LogP contribution in [0.3, 0.4) is 0 Å². The third-order valence-corrected chi connectivity index (χ3v) is 5.78. The van der Waals surface area contributed by atoms with Crippen LogP contribution in [0, 0.1) is 13.8 Å². The van der Waals surface area contributed by atoms with Crippen LogP contribution in [-0.2, 0) is 23.1 Å². The number of amides is 2. The standard InChI is InChI=1S/C19H31N5O2/c1-15-17(16(2)21(3)20-15)13-18(25)24-11-9-22(10-12-24)14-19(26)23-7-5-4-6-8-23/h4-14H2,1-3H3. The van der Waals surface area contributed by atoms with Crippen molar-refractivity contribution in [3.63, 3.8) is 0 Å². The van der Waals surface area contributed by atoms with Crippen molar-refractivity contribution in [1.29, 1.82) is 0 Å². The van der Waals surface area contributed by atoms with Crippen molar-refractivity contribution in [3.05, 3.63) is 17.0 Å². The van der Waals surface area contributed by atoms with Crippen LogP contribution in [0.15, 0.2) is 0 Å². The molecule has 26 heavy (non-hydrogen) atoms. The van der Waals surface area contributed by atoms with Gasteiger partial charge in [0, 0.05) is 57.6 Å². The minimum absolute atomic E-state index is 0.159. The van der Waals surface area contributed by atoms with Crippen molar-refractivity contribution in [2.45, 2.75) is 39.5 Å². The zero-order chi connectivity index (χ0) is 18.7. The number of carbonyl (C=O) groups is 2. The van der Waals surface area contributed by atoms with Gasteiger partial charge in [-0.25, -0.2) is 0 Å². The van der Waals surface area contributed by atoms with Crippen LogP contribution >= 0.6 is 0 Å². The minimum Gasteiger partial charge on any atom is -0.342 e. The van der Waals surface area contributed by atoms with E-state index in [0.717, 1.165) is 56.0 Å². The molecule has 0 N–H and O–H groups in total. The van der Waals surface area contributed by atoms with Gasteiger partial charge in [-0.1, -0.05) is 0 Å². The molecule has 0 atom stereocenters. The molecule has 7 heteroatoms. The summed E-state index contributed by atoms with van der Waals surface area (Å²) in [5.74, 6) is 0.400. The summed E-state index contributed by atoms with van der Waals surface area (Å²) in [6.45, 7) is 9.21. The molecule has 0 bridgehead atoms. The van der Waals surface area contributed by atoms with Crippen molar-refractivity contribution in [2.75, 3.05) is 45.8 Å². The van der Waals surface area contributed by atoms with E-state index in [9.17, 15) is 9.59 Å². The van der Waals surface area contributed by atoms with E-state index in [4.69, 9.17) is 0 Å². The Kier molecular flexibility index (Phi) is 5.96. The van der Waals surface area contributed by atoms with E-state index in [-0.39, 0.29) is 11.8 Å². The molecule has 2 saturated heterocycles. The fourth-order valence-electron chi connectivity index (χ4n) is 3.93. The van der Waals surface area contributed by atoms with Gasteiger partial charge in [-0.05, 0) is 33.1 Å². The van der Waals surface area contributed by atoms with Crippen LogP contribution < -0.4 is 0 Å². The maximum Gasteiger partial charge on any atom is 0.236 e. The van der Waals surface area contributed by atoms with Gasteiger partial charge in [-0.15, -0.1) is 0 Å². The first-order valence-corrected chi connectivity index (χ1v) is 9.72. The Morgan fingerprint density at radius 1 is 0.885 bits per heavy atom. The summed E-state index contributed by atoms with van der Waals surface area (Å²) in [7, 11) is 1.91. The number of hydrogen-bond acceptors (Lipinski definition) is 4. The second-order valence-corrected chi connectivity index (χ2v) is 7.55. The molecule has 2 amide bonds. The Bertz CT molecular complexity index is 655. The van der Waals surface area contributed by atoms with Gasteiger partial charge in [0.1, 0.15) is 0 Å². The van der Waals surface area contributed by atoms with Crippen molar-refractivity contribution < 1.29 is 9.59 Å². The predicted octanol–water partition coefficient (Wildman–Crippen LogP) is 0.736. The van der Waals surface area contributed by atoms with Crippen molar-refractivity contribution >= 4 is 11.8 Å². The Morgan fingerprint density at radius 3 is 2.08 bits per heavy atom. The lowest BCUT2D eigenvalue weighted by molar-refractivity contribution is -0.135. The van der Waals surface area contributed by atoms with Crippen molar-refractivity contribution in [3.8, 4) is 0 Å². The van der Waals surface area contributed by atoms with Crippen LogP contribution in [0.1, 0.15) is 36.2 Å². The lowest BCUT2D eigenvalue weighted by Crippen LogP contribution is -2.52. The molecule has 2 fully saturated rings. The highest BCUT2D eigenvalue weighted by molar-refractivity contribution is 5.80. The quantitative estimate of drug-likeness (QED) is 0.793. The summed E-state index contributed by atoms with van der Waals surface area (Å²) in [4.78, 5) is 31.1. The van der Waals surface area contributed by atoms with E-state index in [1.54, 1.807) is 0 Å². The number of piperazine rings is 1. The Morgan fingerprint density at radius 2 is 1.50 bits per heavy atom. The number of aryl methyl sites for hydroxylation is 2. The number of aromatic nitrogens is 2. The fraction of sp³-hybridized carbons (Fsp3) is 0.737. The molecule has 0 aliphatic carbocycles. The first-order chi connectivity index (χ1) is 12.5. The minimum atomic E-state index is 0.159. The van der Waals surface area contributed by atoms with Crippen LogP contribution in [0.25, 0.3) is 0 Å². The predicted molar refractivity (Wildman–Crippen MR) is 99.8 cm³/mol. The number of carbonyl (C=O) groups excluding carboxylic acids is 2. The topological polar surface area (TPSA) is 61.7 Å². The Labute approximate surface area is 155 Å². The molecule has 3 rings (SSSR count). The highest BCUT2D eigenvalue weighted by Gasteiger charge is 2.25. The maximum absolute atomic E-state index is 12.7. The molecule has 0 radical (unpaired) electrons. The number of piperidine rings is 1. The van der Waals surface area contributed by atoms with Gasteiger partial charge < -0.3 is 9.80 Å². The Hall–Kier alpha value is -1.89. The molecule has 0 aromatic carbocycles. The van der Waals surface area contributed by atoms with Crippen molar-refractivity contribution in [1.82, 2.24) is 24.5 Å². The lowest BCUT2D eigenvalue weighted by Gasteiger charge is -2.36. The molecular weight excluding hydrogens is 330 g/mol. The van der Waals surface area contributed by atoms with E-state index >= 15 is 0 Å². The molecule has 1 aromatic heterocycles. The zero-order valence-electron chi connectivity index (χ0n) is 16.3. The number of nitrogens with zero attached hydrogens (tertiary/aromatic N) is 5. The van der Waals surface area contributed by atoms with Crippen molar-refractivity contribution in [2.24, 2.45) is 7.05 Å². The molecule has 2 aliphatic heterocycles. The molecule has 144 valence electrons. The molecule has 7 nitrogen and oxygen atoms in total. The highest BCUT2D eigenvalue weighted by atomic mass is 16.2. The second kappa shape index (κ2) is 8.20. The van der Waals surface area contributed by atoms with E-state index in [0.29, 0.717) is 26.1 Å². The molecule has 0 unspecified atom stereocenters. The summed E-state index contributed by atoms with van der Waals surface area (Å²) < 4.78 is 1.84. The van der Waals surface area contributed by atoms with E-state index in [2.05, 4.69) is 10.00 Å². The van der Waals surface area contributed by atoms with Gasteiger partial charge in [0.2, 0.25) is 11.8 Å². The number of likely N-dealkylation sites (tertiary alicyclic amines) is 1. The summed E-state index contributed by atoms with van der Waals surface area (Å²) in [5, 5.41) is 4.39. The average Bonchev–Trinajstić information content (AvgIpc) is 2.89. The molecule has 2 aliphatic rings. The second-order valence-electron chi connectivity index (χ2n) is 7.55. The van der Waals surface area contributed by atoms with Crippen LogP contribution in [-0.4, -0.2) is 82.1 Å². The monoisotopic (exact) mass is 361 g/mol. The Balaban J connectivity index is 1.47. The summed E-state index contributed by atoms with van der Waals surface area (Å²) in [6, 6.07) is 0. The number of rotatable bonds is 4. The molecule has 3 heterocycles. The lowest BCUT2D eigenvalue weighted by atomic mass is 10.1. The van der Waals surface area contributed by atoms with Crippen LogP contribution in [0.2, 0.25) is 0 Å². The summed E-state index contributed by atoms with van der Waals surface area (Å²) in [6.07, 6.45) is 3.90. The van der Waals surface area contributed by atoms with E-state index in [1.807, 2.05) is 35.4 Å². The molecule has 0 saturated carbocycles. The van der Waals surface area contributed by atoms with Gasteiger partial charge in [0.15, 0.2) is 0 Å². The third-order valence-electron chi connectivity index (χ3n) is 5.78. The third kappa shape index (κ3) is 4.26. The van der Waals surface area contributed by atoms with E-state index < -0.39 is 0 Å². The first-order valence-electron chi connectivity index (χ1n) is 9.72. The van der Waals surface area contributed by atoms with Crippen LogP contribution in [0.4, 0.5) is 0 Å². The zero-order valence-corrected chi connectivity index (χ0v) is 16.3. The largest absolute Gasteiger partial charge is 0.342 e. The highest BCUT2D eigenvalue weighted by Crippen LogP contribution is 2.15. The SMILES string of the molecule is Cc1nn(C)c(C)c1CC(=O)N1CCN(CC(=O)N2CCCCC2)CC1. The average molecular weight is 361 g/mol. The normalized spacial score (nSPS) is 19.0. The molecule has 1 aromatic rings. The van der Waals surface area contributed by atoms with Gasteiger partial charge in [-0.3, -0.25) is 19.2 Å². The van der Waals surface area contributed by atoms with Gasteiger partial charge >= 0.3 is 0 Å². The smallest absolute Gasteiger partial charge is 0.236 e. The molecule has 0 spiro atoms. The number of hydrogen-bond donors (Lipinski definition) is 0. The van der Waals surface area contributed by atoms with Crippen LogP contribution in [0.5, 0.6) is 0 Å². The molecular formula is C19H31N5O2. The van der Waals surface area contributed by atoms with Gasteiger partial charge in [0.25, 0.3) is 0 Å². The van der Waals surface area contributed by atoms with Gasteiger partial charge in [0.05, 0.1) is 18.7 Å².